The molecule has 0 aromatic carbocycles. The summed E-state index contributed by atoms with van der Waals surface area (Å²) in [5.41, 5.74) is 0. The Morgan fingerprint density at radius 1 is 1.18 bits per heavy atom. The first kappa shape index (κ1) is 8.48. The molecule has 1 aliphatic heterocycles. The Morgan fingerprint density at radius 3 is 2.45 bits per heavy atom. The normalized spacial score (nSPS) is 17.8. The van der Waals surface area contributed by atoms with E-state index >= 15 is 0 Å². The Hall–Kier alpha value is -0.620. The van der Waals surface area contributed by atoms with Crippen molar-refractivity contribution in [3.8, 4) is 0 Å². The van der Waals surface area contributed by atoms with Crippen molar-refractivity contribution in [3.05, 3.63) is 15.5 Å². The summed E-state index contributed by atoms with van der Waals surface area (Å²) in [4.78, 5) is 5.45. The van der Waals surface area contributed by atoms with Gasteiger partial charge in [-0.3, -0.25) is 0 Å². The first-order chi connectivity index (χ1) is 5.11. The highest BCUT2D eigenvalue weighted by molar-refractivity contribution is 14.1. The van der Waals surface area contributed by atoms with Gasteiger partial charge in [-0.2, -0.15) is 23.2 Å². The van der Waals surface area contributed by atoms with E-state index < -0.39 is 17.9 Å². The van der Waals surface area contributed by atoms with Crippen molar-refractivity contribution in [1.82, 2.24) is 0 Å². The molecule has 0 aromatic rings. The summed E-state index contributed by atoms with van der Waals surface area (Å²) in [7, 11) is 0. The van der Waals surface area contributed by atoms with Crippen molar-refractivity contribution < 1.29 is 13.2 Å². The van der Waals surface area contributed by atoms with E-state index in [4.69, 9.17) is 0 Å². The molecule has 1 heterocycles. The molecule has 1 rings (SSSR count). The average Bonchev–Trinajstić information content (AvgIpc) is 2.05. The van der Waals surface area contributed by atoms with Crippen LogP contribution in [-0.2, 0) is 0 Å². The van der Waals surface area contributed by atoms with Crippen LogP contribution in [0.4, 0.5) is 13.2 Å². The van der Waals surface area contributed by atoms with Crippen molar-refractivity contribution in [3.63, 3.8) is 0 Å². The summed E-state index contributed by atoms with van der Waals surface area (Å²) < 4.78 is 36.6. The highest BCUT2D eigenvalue weighted by Crippen LogP contribution is 2.17. The summed E-state index contributed by atoms with van der Waals surface area (Å²) in [5.74, 6) is -2.24. The van der Waals surface area contributed by atoms with E-state index in [9.17, 15) is 13.2 Å². The largest absolute Gasteiger partial charge is 0.276 e. The van der Waals surface area contributed by atoms with Crippen LogP contribution < -0.4 is 0 Å². The highest BCUT2D eigenvalue weighted by atomic mass is 127. The van der Waals surface area contributed by atoms with Crippen LogP contribution in [0.2, 0.25) is 0 Å². The second-order valence-electron chi connectivity index (χ2n) is 1.52. The number of rotatable bonds is 0. The molecule has 0 spiro atoms. The predicted octanol–water partition coefficient (Wildman–Crippen LogP) is 2.42. The number of halogens is 4. The third-order valence-corrected chi connectivity index (χ3v) is 1.49. The van der Waals surface area contributed by atoms with E-state index in [2.05, 4.69) is 9.98 Å². The molecule has 0 N–H and O–H groups in total. The summed E-state index contributed by atoms with van der Waals surface area (Å²) in [6, 6.07) is 0. The summed E-state index contributed by atoms with van der Waals surface area (Å²) in [5, 5.41) is 0. The van der Waals surface area contributed by atoms with Crippen molar-refractivity contribution in [1.29, 1.82) is 0 Å². The van der Waals surface area contributed by atoms with Crippen molar-refractivity contribution in [2.24, 2.45) is 9.98 Å². The maximum absolute atomic E-state index is 12.4. The number of nitrogens with zero attached hydrogens (tertiary/aromatic N) is 2. The number of allylic oxidation sites excluding steroid dienone is 1. The Bertz CT molecular complexity index is 312. The van der Waals surface area contributed by atoms with E-state index in [-0.39, 0.29) is 3.58 Å². The minimum Gasteiger partial charge on any atom is -0.185 e. The second-order valence-corrected chi connectivity index (χ2v) is 2.60. The van der Waals surface area contributed by atoms with Crippen LogP contribution in [0.5, 0.6) is 0 Å². The summed E-state index contributed by atoms with van der Waals surface area (Å²) in [6.45, 7) is 0. The smallest absolute Gasteiger partial charge is 0.185 e. The van der Waals surface area contributed by atoms with Crippen molar-refractivity contribution in [2.75, 3.05) is 0 Å². The van der Waals surface area contributed by atoms with Crippen LogP contribution in [0, 0.1) is 0 Å². The van der Waals surface area contributed by atoms with Crippen LogP contribution in [0.1, 0.15) is 0 Å². The Labute approximate surface area is 73.4 Å². The van der Waals surface area contributed by atoms with Gasteiger partial charge in [-0.05, 0) is 22.6 Å². The van der Waals surface area contributed by atoms with Crippen molar-refractivity contribution >= 4 is 34.4 Å². The quantitative estimate of drug-likeness (QED) is 0.478. The van der Waals surface area contributed by atoms with E-state index in [0.717, 1.165) is 0 Å². The monoisotopic (exact) mass is 272 g/mol. The average molecular weight is 272 g/mol. The van der Waals surface area contributed by atoms with Gasteiger partial charge in [0, 0.05) is 5.87 Å². The van der Waals surface area contributed by atoms with Crippen LogP contribution in [-0.4, -0.2) is 11.8 Å². The van der Waals surface area contributed by atoms with Crippen LogP contribution >= 0.6 is 22.6 Å². The van der Waals surface area contributed by atoms with Gasteiger partial charge in [-0.15, -0.1) is 0 Å². The van der Waals surface area contributed by atoms with Gasteiger partial charge in [0.1, 0.15) is 3.58 Å². The van der Waals surface area contributed by atoms with Gasteiger partial charge in [0.25, 0.3) is 11.9 Å². The second kappa shape index (κ2) is 3.19. The number of hydrogen-bond acceptors (Lipinski definition) is 2. The minimum atomic E-state index is -1.57. The zero-order valence-electron chi connectivity index (χ0n) is 4.91. The van der Waals surface area contributed by atoms with Crippen molar-refractivity contribution in [2.45, 2.75) is 0 Å². The topological polar surface area (TPSA) is 24.7 Å². The molecule has 0 amide bonds. The fourth-order valence-corrected chi connectivity index (χ4v) is 0.613. The molecule has 0 unspecified atom stereocenters. The SMILES string of the molecule is FC1=NC(F)=C(F)N=C=C1I. The third-order valence-electron chi connectivity index (χ3n) is 0.800. The number of aliphatic imine (C=N–C) groups is 2. The van der Waals surface area contributed by atoms with Gasteiger partial charge in [0.05, 0.1) is 0 Å². The van der Waals surface area contributed by atoms with E-state index in [0.29, 0.717) is 0 Å². The predicted molar refractivity (Wildman–Crippen MR) is 42.8 cm³/mol. The van der Waals surface area contributed by atoms with Gasteiger partial charge in [0.15, 0.2) is 0 Å². The molecule has 11 heavy (non-hydrogen) atoms. The van der Waals surface area contributed by atoms with Gasteiger partial charge < -0.3 is 0 Å². The molecule has 1 aliphatic rings. The molecule has 0 saturated carbocycles. The molecule has 6 heteroatoms. The molecular weight excluding hydrogens is 272 g/mol. The maximum Gasteiger partial charge on any atom is 0.276 e. The Balaban J connectivity index is 3.23. The highest BCUT2D eigenvalue weighted by Gasteiger charge is 2.11. The molecule has 0 bridgehead atoms. The van der Waals surface area contributed by atoms with Gasteiger partial charge in [-0.1, -0.05) is 0 Å². The Morgan fingerprint density at radius 2 is 1.82 bits per heavy atom. The zero-order chi connectivity index (χ0) is 8.43. The van der Waals surface area contributed by atoms with Crippen LogP contribution in [0.25, 0.3) is 0 Å². The molecular formula is C5F3IN2. The molecule has 0 aliphatic carbocycles. The van der Waals surface area contributed by atoms with Gasteiger partial charge in [0.2, 0.25) is 5.97 Å². The first-order valence-electron chi connectivity index (χ1n) is 2.40. The Kier molecular flexibility index (Phi) is 2.45. The van der Waals surface area contributed by atoms with E-state index in [1.165, 1.54) is 22.6 Å². The molecule has 0 fully saturated rings. The summed E-state index contributed by atoms with van der Waals surface area (Å²) >= 11 is 1.47. The molecule has 0 saturated heterocycles. The maximum atomic E-state index is 12.4. The molecule has 0 radical (unpaired) electrons. The first-order valence-corrected chi connectivity index (χ1v) is 3.48. The minimum absolute atomic E-state index is 0.162. The molecule has 2 nitrogen and oxygen atoms in total. The molecule has 0 aromatic heterocycles. The lowest BCUT2D eigenvalue weighted by Crippen LogP contribution is -1.86. The summed E-state index contributed by atoms with van der Waals surface area (Å²) in [6.07, 6.45) is 0. The van der Waals surface area contributed by atoms with Gasteiger partial charge in [-0.25, -0.2) is 0 Å². The lowest BCUT2D eigenvalue weighted by atomic mass is 10.6. The number of hydrogen-bond donors (Lipinski definition) is 0. The fraction of sp³-hybridized carbons (Fsp3) is 0. The molecule has 0 atom stereocenters. The third kappa shape index (κ3) is 1.90. The molecule has 58 valence electrons. The van der Waals surface area contributed by atoms with Gasteiger partial charge >= 0.3 is 0 Å². The van der Waals surface area contributed by atoms with E-state index in [1.807, 2.05) is 5.87 Å². The lowest BCUT2D eigenvalue weighted by Gasteiger charge is -1.85. The fourth-order valence-electron chi connectivity index (χ4n) is 0.372. The standard InChI is InChI=1S/C5F3IN2/c6-3-2(9)1-10-4(7)5(8)11-3. The van der Waals surface area contributed by atoms with Crippen LogP contribution in [0.3, 0.4) is 0 Å². The van der Waals surface area contributed by atoms with E-state index in [1.54, 1.807) is 0 Å². The van der Waals surface area contributed by atoms with Crippen LogP contribution in [0.15, 0.2) is 25.5 Å². The zero-order valence-corrected chi connectivity index (χ0v) is 7.06. The lowest BCUT2D eigenvalue weighted by molar-refractivity contribution is 0.524.